The average Bonchev–Trinajstić information content (AvgIpc) is 2.85. The summed E-state index contributed by atoms with van der Waals surface area (Å²) in [6, 6.07) is 5.40. The van der Waals surface area contributed by atoms with E-state index in [0.29, 0.717) is 17.8 Å². The minimum absolute atomic E-state index is 0.0778. The zero-order valence-electron chi connectivity index (χ0n) is 11.2. The van der Waals surface area contributed by atoms with Gasteiger partial charge < -0.3 is 0 Å². The second-order valence-corrected chi connectivity index (χ2v) is 6.13. The number of hydrogen-bond acceptors (Lipinski definition) is 5. The maximum absolute atomic E-state index is 12.1. The van der Waals surface area contributed by atoms with Gasteiger partial charge in [-0.1, -0.05) is 19.1 Å². The van der Waals surface area contributed by atoms with Gasteiger partial charge in [-0.05, 0) is 12.0 Å². The molecule has 0 aliphatic heterocycles. The minimum atomic E-state index is -3.61. The van der Waals surface area contributed by atoms with Crippen LogP contribution in [0.25, 0.3) is 0 Å². The van der Waals surface area contributed by atoms with E-state index in [-0.39, 0.29) is 11.4 Å². The SMILES string of the molecule is CCc1cn[nH]c1NS(=O)(=O)Cc1ccc([N+](=O)[O-])cc1. The molecule has 9 heteroatoms. The van der Waals surface area contributed by atoms with Gasteiger partial charge in [-0.15, -0.1) is 0 Å². The zero-order valence-corrected chi connectivity index (χ0v) is 12.1. The normalized spacial score (nSPS) is 11.3. The number of benzene rings is 1. The molecular formula is C12H14N4O4S. The van der Waals surface area contributed by atoms with Crippen LogP contribution in [0.5, 0.6) is 0 Å². The molecule has 0 bridgehead atoms. The Morgan fingerprint density at radius 2 is 2.00 bits per heavy atom. The van der Waals surface area contributed by atoms with Crippen LogP contribution in [-0.2, 0) is 22.2 Å². The number of sulfonamides is 1. The van der Waals surface area contributed by atoms with Crippen LogP contribution in [0.4, 0.5) is 11.5 Å². The van der Waals surface area contributed by atoms with Crippen molar-refractivity contribution in [3.8, 4) is 0 Å². The topological polar surface area (TPSA) is 118 Å². The van der Waals surface area contributed by atoms with Crippen molar-refractivity contribution in [3.05, 3.63) is 51.7 Å². The molecule has 0 saturated heterocycles. The number of aromatic nitrogens is 2. The average molecular weight is 310 g/mol. The minimum Gasteiger partial charge on any atom is -0.267 e. The highest BCUT2D eigenvalue weighted by Gasteiger charge is 2.15. The molecule has 112 valence electrons. The molecule has 0 atom stereocenters. The Morgan fingerprint density at radius 1 is 1.33 bits per heavy atom. The van der Waals surface area contributed by atoms with Gasteiger partial charge in [-0.2, -0.15) is 5.10 Å². The molecular weight excluding hydrogens is 296 g/mol. The van der Waals surface area contributed by atoms with Gasteiger partial charge in [-0.25, -0.2) is 8.42 Å². The summed E-state index contributed by atoms with van der Waals surface area (Å²) in [5.74, 6) is 0.0760. The van der Waals surface area contributed by atoms with Gasteiger partial charge in [0, 0.05) is 17.7 Å². The molecule has 2 rings (SSSR count). The second-order valence-electron chi connectivity index (χ2n) is 4.41. The van der Waals surface area contributed by atoms with E-state index >= 15 is 0 Å². The molecule has 1 aromatic carbocycles. The first kappa shape index (κ1) is 15.0. The Hall–Kier alpha value is -2.42. The molecule has 0 aliphatic carbocycles. The molecule has 0 unspecified atom stereocenters. The molecule has 1 heterocycles. The maximum Gasteiger partial charge on any atom is 0.269 e. The van der Waals surface area contributed by atoms with Crippen molar-refractivity contribution in [3.63, 3.8) is 0 Å². The van der Waals surface area contributed by atoms with Crippen molar-refractivity contribution >= 4 is 21.5 Å². The molecule has 0 saturated carbocycles. The third kappa shape index (κ3) is 3.78. The standard InChI is InChI=1S/C12H14N4O4S/c1-2-10-7-13-14-12(10)15-21(19,20)8-9-3-5-11(6-4-9)16(17)18/h3-7H,2,8H2,1H3,(H2,13,14,15). The van der Waals surface area contributed by atoms with Crippen LogP contribution in [-0.4, -0.2) is 23.5 Å². The monoisotopic (exact) mass is 310 g/mol. The predicted octanol–water partition coefficient (Wildman–Crippen LogP) is 1.82. The molecule has 2 aromatic rings. The molecule has 0 fully saturated rings. The largest absolute Gasteiger partial charge is 0.269 e. The fraction of sp³-hybridized carbons (Fsp3) is 0.250. The van der Waals surface area contributed by atoms with Crippen molar-refractivity contribution in [1.29, 1.82) is 0 Å². The van der Waals surface area contributed by atoms with Gasteiger partial charge in [-0.3, -0.25) is 19.9 Å². The first-order valence-electron chi connectivity index (χ1n) is 6.17. The first-order chi connectivity index (χ1) is 9.91. The van der Waals surface area contributed by atoms with E-state index in [9.17, 15) is 18.5 Å². The molecule has 0 aliphatic rings. The summed E-state index contributed by atoms with van der Waals surface area (Å²) < 4.78 is 26.5. The Bertz CT molecular complexity index is 737. The molecule has 8 nitrogen and oxygen atoms in total. The van der Waals surface area contributed by atoms with Gasteiger partial charge in [0.1, 0.15) is 5.82 Å². The number of nitro benzene ring substituents is 1. The third-order valence-corrected chi connectivity index (χ3v) is 4.09. The number of anilines is 1. The highest BCUT2D eigenvalue weighted by atomic mass is 32.2. The number of nitrogens with one attached hydrogen (secondary N) is 2. The molecule has 21 heavy (non-hydrogen) atoms. The second kappa shape index (κ2) is 5.92. The first-order valence-corrected chi connectivity index (χ1v) is 7.82. The summed E-state index contributed by atoms with van der Waals surface area (Å²) in [6.07, 6.45) is 2.20. The van der Waals surface area contributed by atoms with Crippen LogP contribution in [0, 0.1) is 10.1 Å². The smallest absolute Gasteiger partial charge is 0.267 e. The van der Waals surface area contributed by atoms with E-state index in [1.807, 2.05) is 6.92 Å². The number of H-pyrrole nitrogens is 1. The van der Waals surface area contributed by atoms with Gasteiger partial charge in [0.15, 0.2) is 0 Å². The molecule has 2 N–H and O–H groups in total. The highest BCUT2D eigenvalue weighted by Crippen LogP contribution is 2.17. The number of hydrogen-bond donors (Lipinski definition) is 2. The van der Waals surface area contributed by atoms with E-state index in [2.05, 4.69) is 14.9 Å². The number of aryl methyl sites for hydroxylation is 1. The van der Waals surface area contributed by atoms with E-state index in [4.69, 9.17) is 0 Å². The zero-order chi connectivity index (χ0) is 15.5. The fourth-order valence-electron chi connectivity index (χ4n) is 1.79. The Kier molecular flexibility index (Phi) is 4.22. The number of rotatable bonds is 6. The van der Waals surface area contributed by atoms with Gasteiger partial charge in [0.25, 0.3) is 5.69 Å². The summed E-state index contributed by atoms with van der Waals surface area (Å²) in [7, 11) is -3.61. The predicted molar refractivity (Wildman–Crippen MR) is 77.3 cm³/mol. The van der Waals surface area contributed by atoms with E-state index in [1.165, 1.54) is 24.3 Å². The van der Waals surface area contributed by atoms with Gasteiger partial charge >= 0.3 is 0 Å². The number of nitrogens with zero attached hydrogens (tertiary/aromatic N) is 2. The molecule has 0 radical (unpaired) electrons. The van der Waals surface area contributed by atoms with Crippen LogP contribution < -0.4 is 4.72 Å². The van der Waals surface area contributed by atoms with Crippen molar-refractivity contribution < 1.29 is 13.3 Å². The lowest BCUT2D eigenvalue weighted by atomic mass is 10.2. The molecule has 0 amide bonds. The van der Waals surface area contributed by atoms with E-state index in [0.717, 1.165) is 5.56 Å². The Balaban J connectivity index is 2.12. The number of non-ortho nitro benzene ring substituents is 1. The van der Waals surface area contributed by atoms with Crippen molar-refractivity contribution in [2.75, 3.05) is 4.72 Å². The Labute approximate surface area is 121 Å². The maximum atomic E-state index is 12.1. The Morgan fingerprint density at radius 3 is 2.57 bits per heavy atom. The summed E-state index contributed by atoms with van der Waals surface area (Å²) in [5, 5.41) is 16.9. The summed E-state index contributed by atoms with van der Waals surface area (Å²) in [4.78, 5) is 10.0. The van der Waals surface area contributed by atoms with E-state index in [1.54, 1.807) is 6.20 Å². The lowest BCUT2D eigenvalue weighted by Crippen LogP contribution is -2.16. The van der Waals surface area contributed by atoms with Crippen molar-refractivity contribution in [2.45, 2.75) is 19.1 Å². The summed E-state index contributed by atoms with van der Waals surface area (Å²) >= 11 is 0. The number of nitro groups is 1. The van der Waals surface area contributed by atoms with Crippen molar-refractivity contribution in [1.82, 2.24) is 10.2 Å². The van der Waals surface area contributed by atoms with Crippen molar-refractivity contribution in [2.24, 2.45) is 0 Å². The summed E-state index contributed by atoms with van der Waals surface area (Å²) in [5.41, 5.74) is 1.15. The summed E-state index contributed by atoms with van der Waals surface area (Å²) in [6.45, 7) is 1.89. The number of aromatic amines is 1. The highest BCUT2D eigenvalue weighted by molar-refractivity contribution is 7.91. The lowest BCUT2D eigenvalue weighted by Gasteiger charge is -2.07. The van der Waals surface area contributed by atoms with Crippen LogP contribution in [0.1, 0.15) is 18.1 Å². The third-order valence-electron chi connectivity index (χ3n) is 2.86. The van der Waals surface area contributed by atoms with Crippen LogP contribution in [0.15, 0.2) is 30.5 Å². The lowest BCUT2D eigenvalue weighted by molar-refractivity contribution is -0.384. The van der Waals surface area contributed by atoms with Gasteiger partial charge in [0.2, 0.25) is 10.0 Å². The fourth-order valence-corrected chi connectivity index (χ4v) is 2.98. The van der Waals surface area contributed by atoms with Crippen LogP contribution >= 0.6 is 0 Å². The molecule has 1 aromatic heterocycles. The quantitative estimate of drug-likeness (QED) is 0.623. The van der Waals surface area contributed by atoms with Gasteiger partial charge in [0.05, 0.1) is 16.9 Å². The van der Waals surface area contributed by atoms with E-state index < -0.39 is 14.9 Å². The van der Waals surface area contributed by atoms with Crippen LogP contribution in [0.2, 0.25) is 0 Å². The van der Waals surface area contributed by atoms with Crippen LogP contribution in [0.3, 0.4) is 0 Å². The molecule has 0 spiro atoms.